The Hall–Kier alpha value is -1.39. The molecule has 0 bridgehead atoms. The van der Waals surface area contributed by atoms with Crippen LogP contribution in [-0.2, 0) is 17.9 Å². The number of hydrogen-bond donors (Lipinski definition) is 2. The number of amides is 1. The number of likely N-dealkylation sites (N-methyl/N-ethyl adjacent to an activating group) is 1. The zero-order valence-electron chi connectivity index (χ0n) is 20.1. The lowest BCUT2D eigenvalue weighted by molar-refractivity contribution is -0.133. The molecule has 1 aromatic rings. The number of nitrogens with zero attached hydrogens (tertiary/aromatic N) is 4. The maximum atomic E-state index is 12.2. The molecule has 2 aliphatic heterocycles. The highest BCUT2D eigenvalue weighted by Crippen LogP contribution is 2.13. The van der Waals surface area contributed by atoms with Gasteiger partial charge in [-0.2, -0.15) is 0 Å². The fourth-order valence-corrected chi connectivity index (χ4v) is 4.30. The van der Waals surface area contributed by atoms with E-state index in [4.69, 9.17) is 0 Å². The number of nitrogens with one attached hydrogen (secondary N) is 2. The second-order valence-corrected chi connectivity index (χ2v) is 9.24. The normalized spacial score (nSPS) is 20.7. The minimum Gasteiger partial charge on any atom is -0.352 e. The summed E-state index contributed by atoms with van der Waals surface area (Å²) in [4.78, 5) is 23.5. The van der Waals surface area contributed by atoms with Gasteiger partial charge in [-0.3, -0.25) is 14.7 Å². The van der Waals surface area contributed by atoms with Crippen molar-refractivity contribution < 1.29 is 4.79 Å². The summed E-state index contributed by atoms with van der Waals surface area (Å²) in [5.74, 6) is 1.08. The molecule has 0 saturated carbocycles. The Kier molecular flexibility index (Phi) is 11.2. The van der Waals surface area contributed by atoms with Crippen LogP contribution in [0.4, 0.5) is 0 Å². The van der Waals surface area contributed by atoms with Gasteiger partial charge in [-0.1, -0.05) is 38.1 Å². The summed E-state index contributed by atoms with van der Waals surface area (Å²) in [6, 6.07) is 9.16. The summed E-state index contributed by atoms with van der Waals surface area (Å²) < 4.78 is 0. The number of hydrogen-bond acceptors (Lipinski definition) is 4. The van der Waals surface area contributed by atoms with Crippen molar-refractivity contribution in [3.63, 3.8) is 0 Å². The minimum atomic E-state index is 0. The van der Waals surface area contributed by atoms with Crippen molar-refractivity contribution in [1.82, 2.24) is 25.3 Å². The van der Waals surface area contributed by atoms with Crippen LogP contribution in [0.25, 0.3) is 0 Å². The molecule has 0 spiro atoms. The molecule has 3 rings (SSSR count). The van der Waals surface area contributed by atoms with Crippen molar-refractivity contribution in [2.45, 2.75) is 45.8 Å². The molecule has 1 atom stereocenters. The first kappa shape index (κ1) is 26.9. The van der Waals surface area contributed by atoms with Crippen LogP contribution in [0.15, 0.2) is 29.3 Å². The number of carbonyl (C=O) groups is 1. The van der Waals surface area contributed by atoms with Crippen LogP contribution in [0.1, 0.15) is 37.8 Å². The van der Waals surface area contributed by atoms with Gasteiger partial charge in [0.25, 0.3) is 0 Å². The van der Waals surface area contributed by atoms with E-state index in [-0.39, 0.29) is 41.8 Å². The van der Waals surface area contributed by atoms with Gasteiger partial charge in [0.2, 0.25) is 5.91 Å². The maximum absolute atomic E-state index is 12.2. The van der Waals surface area contributed by atoms with E-state index in [2.05, 4.69) is 56.7 Å². The predicted molar refractivity (Wildman–Crippen MR) is 142 cm³/mol. The second kappa shape index (κ2) is 13.3. The van der Waals surface area contributed by atoms with E-state index in [1.54, 1.807) is 7.05 Å². The minimum absolute atomic E-state index is 0. The maximum Gasteiger partial charge on any atom is 0.225 e. The molecular formula is C24H41IN6O. The lowest BCUT2D eigenvalue weighted by atomic mass is 10.1. The molecule has 8 heteroatoms. The fraction of sp³-hybridized carbons (Fsp3) is 0.667. The van der Waals surface area contributed by atoms with Crippen LogP contribution in [0.5, 0.6) is 0 Å². The standard InChI is InChI=1S/C24H40N6O.HI/c1-19(2)23(31)30-13-10-22(18-30)27-24(25-3)26-16-20-6-8-21(9-7-20)17-29-12-5-11-28(4)14-15-29;/h6-9,19,22H,5,10-18H2,1-4H3,(H2,25,26,27);1H. The molecule has 0 radical (unpaired) electrons. The summed E-state index contributed by atoms with van der Waals surface area (Å²) in [7, 11) is 4.00. The lowest BCUT2D eigenvalue weighted by Gasteiger charge is -2.21. The Morgan fingerprint density at radius 3 is 2.50 bits per heavy atom. The second-order valence-electron chi connectivity index (χ2n) is 9.24. The van der Waals surface area contributed by atoms with Crippen molar-refractivity contribution in [3.8, 4) is 0 Å². The largest absolute Gasteiger partial charge is 0.352 e. The Balaban J connectivity index is 0.00000363. The Morgan fingerprint density at radius 1 is 1.09 bits per heavy atom. The van der Waals surface area contributed by atoms with Gasteiger partial charge in [0.1, 0.15) is 0 Å². The van der Waals surface area contributed by atoms with Crippen LogP contribution in [-0.4, -0.2) is 86.0 Å². The summed E-state index contributed by atoms with van der Waals surface area (Å²) in [5.41, 5.74) is 2.61. The SMILES string of the molecule is CN=C(NCc1ccc(CN2CCCN(C)CC2)cc1)NC1CCN(C(=O)C(C)C)C1.I. The smallest absolute Gasteiger partial charge is 0.225 e. The van der Waals surface area contributed by atoms with Gasteiger partial charge >= 0.3 is 0 Å². The number of rotatable bonds is 6. The Morgan fingerprint density at radius 2 is 1.81 bits per heavy atom. The van der Waals surface area contributed by atoms with Gasteiger partial charge in [-0.25, -0.2) is 0 Å². The van der Waals surface area contributed by atoms with E-state index in [1.807, 2.05) is 18.7 Å². The van der Waals surface area contributed by atoms with Crippen LogP contribution in [0.2, 0.25) is 0 Å². The molecular weight excluding hydrogens is 515 g/mol. The first-order valence-corrected chi connectivity index (χ1v) is 11.7. The molecule has 7 nitrogen and oxygen atoms in total. The van der Waals surface area contributed by atoms with E-state index in [9.17, 15) is 4.79 Å². The fourth-order valence-electron chi connectivity index (χ4n) is 4.30. The first-order chi connectivity index (χ1) is 14.9. The van der Waals surface area contributed by atoms with E-state index >= 15 is 0 Å². The lowest BCUT2D eigenvalue weighted by Crippen LogP contribution is -2.45. The molecule has 2 N–H and O–H groups in total. The quantitative estimate of drug-likeness (QED) is 0.320. The molecule has 2 saturated heterocycles. The number of aliphatic imine (C=N–C) groups is 1. The Labute approximate surface area is 211 Å². The molecule has 1 unspecified atom stereocenters. The van der Waals surface area contributed by atoms with Crippen LogP contribution in [0.3, 0.4) is 0 Å². The Bertz CT molecular complexity index is 739. The average Bonchev–Trinajstić information content (AvgIpc) is 3.13. The van der Waals surface area contributed by atoms with E-state index in [0.717, 1.165) is 51.6 Å². The summed E-state index contributed by atoms with van der Waals surface area (Å²) >= 11 is 0. The van der Waals surface area contributed by atoms with Gasteiger partial charge in [0.15, 0.2) is 5.96 Å². The van der Waals surface area contributed by atoms with E-state index < -0.39 is 0 Å². The number of guanidine groups is 1. The van der Waals surface area contributed by atoms with Crippen LogP contribution < -0.4 is 10.6 Å². The molecule has 2 aliphatic rings. The molecule has 180 valence electrons. The first-order valence-electron chi connectivity index (χ1n) is 11.7. The molecule has 1 amide bonds. The zero-order chi connectivity index (χ0) is 22.2. The van der Waals surface area contributed by atoms with Crippen molar-refractivity contribution in [2.75, 3.05) is 53.4 Å². The van der Waals surface area contributed by atoms with E-state index in [0.29, 0.717) is 0 Å². The molecule has 0 aliphatic carbocycles. The molecule has 2 heterocycles. The van der Waals surface area contributed by atoms with Crippen molar-refractivity contribution in [1.29, 1.82) is 0 Å². The highest BCUT2D eigenvalue weighted by Gasteiger charge is 2.27. The van der Waals surface area contributed by atoms with Gasteiger partial charge in [-0.05, 0) is 44.1 Å². The highest BCUT2D eigenvalue weighted by atomic mass is 127. The van der Waals surface area contributed by atoms with Gasteiger partial charge in [0.05, 0.1) is 0 Å². The van der Waals surface area contributed by atoms with Crippen molar-refractivity contribution in [3.05, 3.63) is 35.4 Å². The van der Waals surface area contributed by atoms with Crippen LogP contribution in [0, 0.1) is 5.92 Å². The number of carbonyl (C=O) groups excluding carboxylic acids is 1. The van der Waals surface area contributed by atoms with Crippen molar-refractivity contribution in [2.24, 2.45) is 10.9 Å². The van der Waals surface area contributed by atoms with Gasteiger partial charge < -0.3 is 20.4 Å². The number of halogens is 1. The zero-order valence-corrected chi connectivity index (χ0v) is 22.5. The third-order valence-electron chi connectivity index (χ3n) is 6.26. The van der Waals surface area contributed by atoms with Gasteiger partial charge in [-0.15, -0.1) is 24.0 Å². The van der Waals surface area contributed by atoms with Crippen molar-refractivity contribution >= 4 is 35.8 Å². The molecule has 0 aromatic heterocycles. The summed E-state index contributed by atoms with van der Waals surface area (Å²) in [6.07, 6.45) is 2.20. The average molecular weight is 557 g/mol. The number of benzene rings is 1. The van der Waals surface area contributed by atoms with E-state index in [1.165, 1.54) is 30.6 Å². The molecule has 2 fully saturated rings. The third kappa shape index (κ3) is 8.19. The number of likely N-dealkylation sites (tertiary alicyclic amines) is 1. The summed E-state index contributed by atoms with van der Waals surface area (Å²) in [6.45, 7) is 11.9. The topological polar surface area (TPSA) is 63.2 Å². The monoisotopic (exact) mass is 556 g/mol. The summed E-state index contributed by atoms with van der Waals surface area (Å²) in [5, 5.41) is 6.88. The molecule has 32 heavy (non-hydrogen) atoms. The highest BCUT2D eigenvalue weighted by molar-refractivity contribution is 14.0. The molecule has 1 aromatic carbocycles. The van der Waals surface area contributed by atoms with Gasteiger partial charge in [0, 0.05) is 58.3 Å². The third-order valence-corrected chi connectivity index (χ3v) is 6.26. The predicted octanol–water partition coefficient (Wildman–Crippen LogP) is 2.36. The van der Waals surface area contributed by atoms with Crippen LogP contribution >= 0.6 is 24.0 Å².